The Balaban J connectivity index is 1.39. The average Bonchev–Trinajstić information content (AvgIpc) is 3.12. The molecular weight excluding hydrogens is 655 g/mol. The minimum Gasteiger partial charge on any atom is -0.490 e. The number of piperidine rings is 1. The third kappa shape index (κ3) is 9.85. The minimum atomic E-state index is -3.79. The second-order valence-corrected chi connectivity index (χ2v) is 15.5. The fourth-order valence-corrected chi connectivity index (χ4v) is 8.62. The molecule has 4 atom stereocenters. The zero-order valence-electron chi connectivity index (χ0n) is 30.1. The van der Waals surface area contributed by atoms with Crippen molar-refractivity contribution in [3.63, 3.8) is 0 Å². The molecule has 3 aromatic carbocycles. The number of nitrogens with two attached hydrogens (primary N) is 1. The molecule has 0 radical (unpaired) electrons. The molecule has 1 fully saturated rings. The second-order valence-electron chi connectivity index (χ2n) is 13.6. The summed E-state index contributed by atoms with van der Waals surface area (Å²) in [4.78, 5) is 2.62. The highest BCUT2D eigenvalue weighted by atomic mass is 32.2. The third-order valence-electron chi connectivity index (χ3n) is 9.62. The van der Waals surface area contributed by atoms with Crippen LogP contribution in [-0.4, -0.2) is 91.7 Å². The first-order valence-corrected chi connectivity index (χ1v) is 19.2. The van der Waals surface area contributed by atoms with Gasteiger partial charge in [0.1, 0.15) is 12.4 Å². The number of hydrogen-bond acceptors (Lipinski definition) is 9. The van der Waals surface area contributed by atoms with Crippen LogP contribution >= 0.6 is 0 Å². The molecule has 274 valence electrons. The molecule has 10 nitrogen and oxygen atoms in total. The van der Waals surface area contributed by atoms with Gasteiger partial charge in [-0.15, -0.1) is 0 Å². The number of hydrogen-bond donors (Lipinski definition) is 1. The number of aryl methyl sites for hydroxylation is 1. The van der Waals surface area contributed by atoms with Crippen LogP contribution in [0.4, 0.5) is 5.69 Å². The Morgan fingerprint density at radius 3 is 2.44 bits per heavy atom. The minimum absolute atomic E-state index is 0.0285. The Morgan fingerprint density at radius 1 is 0.960 bits per heavy atom. The largest absolute Gasteiger partial charge is 0.490 e. The number of benzene rings is 3. The summed E-state index contributed by atoms with van der Waals surface area (Å²) < 4.78 is 59.1. The van der Waals surface area contributed by atoms with Gasteiger partial charge in [0.15, 0.2) is 0 Å². The van der Waals surface area contributed by atoms with E-state index in [0.29, 0.717) is 64.9 Å². The SMILES string of the molecule is COCCCN1CCOc2ccc(CO[C@H]3CN(S(=O)(=O)c4ccc(C)cc4)[C@@H](CCN)C[C@@H]3c3ccc(COCC(C)COC)cc3)cc21. The topological polar surface area (TPSA) is 113 Å². The Kier molecular flexibility index (Phi) is 14.1. The van der Waals surface area contributed by atoms with Crippen LogP contribution in [0.25, 0.3) is 0 Å². The molecule has 2 aliphatic heterocycles. The number of sulfonamides is 1. The molecule has 0 saturated carbocycles. The Bertz CT molecular complexity index is 1590. The van der Waals surface area contributed by atoms with Crippen LogP contribution < -0.4 is 15.4 Å². The maximum atomic E-state index is 14.2. The van der Waals surface area contributed by atoms with Crippen molar-refractivity contribution in [1.29, 1.82) is 0 Å². The van der Waals surface area contributed by atoms with Crippen molar-refractivity contribution < 1.29 is 32.1 Å². The van der Waals surface area contributed by atoms with E-state index in [4.69, 9.17) is 29.4 Å². The lowest BCUT2D eigenvalue weighted by Gasteiger charge is -2.43. The number of methoxy groups -OCH3 is 2. The lowest BCUT2D eigenvalue weighted by Crippen LogP contribution is -2.52. The van der Waals surface area contributed by atoms with Crippen molar-refractivity contribution in [2.75, 3.05) is 71.7 Å². The lowest BCUT2D eigenvalue weighted by atomic mass is 9.83. The van der Waals surface area contributed by atoms with Crippen molar-refractivity contribution in [2.24, 2.45) is 11.7 Å². The molecule has 50 heavy (non-hydrogen) atoms. The van der Waals surface area contributed by atoms with Gasteiger partial charge in [-0.2, -0.15) is 4.31 Å². The number of fused-ring (bicyclic) bond motifs is 1. The zero-order chi connectivity index (χ0) is 35.5. The first kappa shape index (κ1) is 38.2. The lowest BCUT2D eigenvalue weighted by molar-refractivity contribution is -0.0205. The first-order chi connectivity index (χ1) is 24.2. The Labute approximate surface area is 298 Å². The van der Waals surface area contributed by atoms with Gasteiger partial charge in [0.2, 0.25) is 10.0 Å². The molecule has 0 amide bonds. The molecule has 0 aromatic heterocycles. The molecule has 1 saturated heterocycles. The van der Waals surface area contributed by atoms with Crippen LogP contribution in [0.15, 0.2) is 71.6 Å². The summed E-state index contributed by atoms with van der Waals surface area (Å²) in [5, 5.41) is 0. The van der Waals surface area contributed by atoms with E-state index in [9.17, 15) is 8.42 Å². The van der Waals surface area contributed by atoms with Crippen LogP contribution in [0, 0.1) is 12.8 Å². The van der Waals surface area contributed by atoms with Gasteiger partial charge in [-0.05, 0) is 73.7 Å². The van der Waals surface area contributed by atoms with Crippen LogP contribution in [-0.2, 0) is 42.2 Å². The predicted molar refractivity (Wildman–Crippen MR) is 196 cm³/mol. The van der Waals surface area contributed by atoms with E-state index in [2.05, 4.69) is 42.2 Å². The molecule has 2 aliphatic rings. The van der Waals surface area contributed by atoms with E-state index < -0.39 is 10.0 Å². The highest BCUT2D eigenvalue weighted by Crippen LogP contribution is 2.39. The Hall–Kier alpha value is -3.03. The normalized spacial score (nSPS) is 20.3. The van der Waals surface area contributed by atoms with E-state index in [0.717, 1.165) is 53.2 Å². The van der Waals surface area contributed by atoms with Crippen LogP contribution in [0.5, 0.6) is 5.75 Å². The molecule has 0 bridgehead atoms. The van der Waals surface area contributed by atoms with Gasteiger partial charge in [-0.3, -0.25) is 0 Å². The summed E-state index contributed by atoms with van der Waals surface area (Å²) in [5.74, 6) is 1.16. The molecule has 11 heteroatoms. The number of ether oxygens (including phenoxy) is 5. The van der Waals surface area contributed by atoms with Crippen molar-refractivity contribution in [1.82, 2.24) is 4.31 Å². The van der Waals surface area contributed by atoms with Crippen LogP contribution in [0.3, 0.4) is 0 Å². The molecule has 0 spiro atoms. The van der Waals surface area contributed by atoms with Gasteiger partial charge in [-0.25, -0.2) is 8.42 Å². The summed E-state index contributed by atoms with van der Waals surface area (Å²) >= 11 is 0. The van der Waals surface area contributed by atoms with Crippen molar-refractivity contribution in [2.45, 2.75) is 69.3 Å². The molecule has 3 aromatic rings. The van der Waals surface area contributed by atoms with E-state index >= 15 is 0 Å². The van der Waals surface area contributed by atoms with E-state index in [1.165, 1.54) is 0 Å². The highest BCUT2D eigenvalue weighted by molar-refractivity contribution is 7.89. The first-order valence-electron chi connectivity index (χ1n) is 17.8. The van der Waals surface area contributed by atoms with E-state index in [1.54, 1.807) is 30.7 Å². The maximum Gasteiger partial charge on any atom is 0.243 e. The second kappa shape index (κ2) is 18.5. The van der Waals surface area contributed by atoms with E-state index in [-0.39, 0.29) is 29.5 Å². The van der Waals surface area contributed by atoms with Crippen LogP contribution in [0.1, 0.15) is 54.4 Å². The number of nitrogens with zero attached hydrogens (tertiary/aromatic N) is 2. The monoisotopic (exact) mass is 709 g/mol. The van der Waals surface area contributed by atoms with Crippen molar-refractivity contribution >= 4 is 15.7 Å². The number of rotatable bonds is 18. The molecule has 1 unspecified atom stereocenters. The van der Waals surface area contributed by atoms with Gasteiger partial charge < -0.3 is 34.3 Å². The molecule has 2 heterocycles. The van der Waals surface area contributed by atoms with Crippen molar-refractivity contribution in [3.8, 4) is 5.75 Å². The zero-order valence-corrected chi connectivity index (χ0v) is 30.9. The Morgan fingerprint density at radius 2 is 1.72 bits per heavy atom. The summed E-state index contributed by atoms with van der Waals surface area (Å²) in [6, 6.07) is 21.5. The quantitative estimate of drug-likeness (QED) is 0.171. The third-order valence-corrected chi connectivity index (χ3v) is 11.6. The summed E-state index contributed by atoms with van der Waals surface area (Å²) in [6.07, 6.45) is 1.70. The van der Waals surface area contributed by atoms with Crippen LogP contribution in [0.2, 0.25) is 0 Å². The summed E-state index contributed by atoms with van der Waals surface area (Å²) in [5.41, 5.74) is 11.4. The van der Waals surface area contributed by atoms with Gasteiger partial charge in [0, 0.05) is 51.8 Å². The standard InChI is InChI=1S/C39H55N3O7S/c1-29-6-13-35(14-7-29)50(43,44)42-24-39(49-28-32-10-15-38-37(22-32)41(19-21-48-38)18-5-20-45-3)36(23-34(42)16-17-40)33-11-8-31(9-12-33)27-47-26-30(2)25-46-4/h6-15,22,30,34,36,39H,5,16-21,23-28,40H2,1-4H3/t30?,34-,36+,39-/m0/s1. The van der Waals surface area contributed by atoms with E-state index in [1.807, 2.05) is 31.2 Å². The molecule has 0 aliphatic carbocycles. The number of anilines is 1. The van der Waals surface area contributed by atoms with Gasteiger partial charge in [0.25, 0.3) is 0 Å². The summed E-state index contributed by atoms with van der Waals surface area (Å²) in [7, 11) is -0.366. The summed E-state index contributed by atoms with van der Waals surface area (Å²) in [6.45, 7) is 9.85. The van der Waals surface area contributed by atoms with Gasteiger partial charge in [0.05, 0.1) is 49.7 Å². The maximum absolute atomic E-state index is 14.2. The van der Waals surface area contributed by atoms with Gasteiger partial charge in [-0.1, -0.05) is 55.0 Å². The molecule has 5 rings (SSSR count). The predicted octanol–water partition coefficient (Wildman–Crippen LogP) is 5.51. The molecule has 2 N–H and O–H groups in total. The smallest absolute Gasteiger partial charge is 0.243 e. The fourth-order valence-electron chi connectivity index (χ4n) is 6.95. The molecular formula is C39H55N3O7S. The highest BCUT2D eigenvalue weighted by Gasteiger charge is 2.42. The van der Waals surface area contributed by atoms with Gasteiger partial charge >= 0.3 is 0 Å². The van der Waals surface area contributed by atoms with Crippen molar-refractivity contribution in [3.05, 3.63) is 89.0 Å². The fraction of sp³-hybridized carbons (Fsp3) is 0.538. The average molecular weight is 710 g/mol.